The summed E-state index contributed by atoms with van der Waals surface area (Å²) in [4.78, 5) is 12.7. The van der Waals surface area contributed by atoms with E-state index in [1.165, 1.54) is 5.57 Å². The Morgan fingerprint density at radius 2 is 1.96 bits per heavy atom. The van der Waals surface area contributed by atoms with Crippen LogP contribution in [0.2, 0.25) is 5.02 Å². The average Bonchev–Trinajstić information content (AvgIpc) is 2.85. The number of allylic oxidation sites excluding steroid dienone is 2. The summed E-state index contributed by atoms with van der Waals surface area (Å²) in [7, 11) is 1.81. The molecule has 0 unspecified atom stereocenters. The molecule has 1 aromatic carbocycles. The van der Waals surface area contributed by atoms with Gasteiger partial charge >= 0.3 is 0 Å². The van der Waals surface area contributed by atoms with Crippen molar-refractivity contribution in [2.45, 2.75) is 20.3 Å². The second kappa shape index (κ2) is 4.87. The van der Waals surface area contributed by atoms with Gasteiger partial charge in [-0.15, -0.1) is 0 Å². The number of hydrogen-bond donors (Lipinski definition) is 0. The third-order valence-electron chi connectivity index (χ3n) is 4.59. The number of aromatic nitrogens is 1. The van der Waals surface area contributed by atoms with Gasteiger partial charge in [0, 0.05) is 46.1 Å². The van der Waals surface area contributed by atoms with Crippen molar-refractivity contribution in [2.24, 2.45) is 7.05 Å². The van der Waals surface area contributed by atoms with Gasteiger partial charge in [0.1, 0.15) is 11.5 Å². The quantitative estimate of drug-likeness (QED) is 0.599. The molecule has 0 N–H and O–H groups in total. The number of hydrogen-bond acceptors (Lipinski definition) is 2. The van der Waals surface area contributed by atoms with Crippen molar-refractivity contribution in [3.63, 3.8) is 0 Å². The molecule has 2 aromatic heterocycles. The van der Waals surface area contributed by atoms with Crippen LogP contribution < -0.4 is 5.56 Å². The average molecular weight is 326 g/mol. The largest absolute Gasteiger partial charge is 0.461 e. The lowest BCUT2D eigenvalue weighted by molar-refractivity contribution is 0.547. The van der Waals surface area contributed by atoms with E-state index in [2.05, 4.69) is 19.1 Å². The molecule has 0 saturated heterocycles. The highest BCUT2D eigenvalue weighted by Crippen LogP contribution is 2.40. The molecule has 2 heterocycles. The maximum absolute atomic E-state index is 12.7. The normalized spacial score (nSPS) is 13.5. The lowest BCUT2D eigenvalue weighted by Gasteiger charge is -2.14. The number of pyridine rings is 1. The Morgan fingerprint density at radius 1 is 1.17 bits per heavy atom. The van der Waals surface area contributed by atoms with Gasteiger partial charge in [0.15, 0.2) is 0 Å². The van der Waals surface area contributed by atoms with Crippen molar-refractivity contribution >= 4 is 27.9 Å². The van der Waals surface area contributed by atoms with E-state index in [9.17, 15) is 4.79 Å². The van der Waals surface area contributed by atoms with Gasteiger partial charge in [0.2, 0.25) is 0 Å². The van der Waals surface area contributed by atoms with Crippen LogP contribution in [0.25, 0.3) is 27.7 Å². The second-order valence-corrected chi connectivity index (χ2v) is 6.50. The first-order chi connectivity index (χ1) is 11.0. The van der Waals surface area contributed by atoms with Crippen LogP contribution in [0, 0.1) is 6.92 Å². The second-order valence-electron chi connectivity index (χ2n) is 6.07. The number of rotatable bonds is 0. The van der Waals surface area contributed by atoms with Gasteiger partial charge in [-0.3, -0.25) is 4.79 Å². The van der Waals surface area contributed by atoms with Crippen LogP contribution >= 0.6 is 11.6 Å². The standard InChI is InChI=1S/C19H16ClNO2/c1-10-4-7-16-17(18-14(10)8-11(2)23-18)13-6-5-12(20)9-15(13)19(22)21(16)3/h4-6,8-9H,7H2,1-3H3. The Labute approximate surface area is 138 Å². The van der Waals surface area contributed by atoms with E-state index in [-0.39, 0.29) is 5.56 Å². The van der Waals surface area contributed by atoms with Crippen LogP contribution in [-0.4, -0.2) is 4.57 Å². The van der Waals surface area contributed by atoms with Gasteiger partial charge in [-0.1, -0.05) is 23.7 Å². The summed E-state index contributed by atoms with van der Waals surface area (Å²) in [6.07, 6.45) is 2.86. The van der Waals surface area contributed by atoms with Crippen molar-refractivity contribution in [2.75, 3.05) is 0 Å². The Bertz CT molecular complexity index is 1050. The SMILES string of the molecule is CC1=CCc2c(c3ccc(Cl)cc3c(=O)n2C)-c2oc(C)cc21. The van der Waals surface area contributed by atoms with E-state index < -0.39 is 0 Å². The van der Waals surface area contributed by atoms with Crippen LogP contribution in [0.4, 0.5) is 0 Å². The van der Waals surface area contributed by atoms with Gasteiger partial charge in [-0.25, -0.2) is 0 Å². The van der Waals surface area contributed by atoms with Crippen LogP contribution in [0.15, 0.2) is 39.6 Å². The van der Waals surface area contributed by atoms with Crippen LogP contribution in [0.1, 0.15) is 23.9 Å². The molecule has 0 aliphatic heterocycles. The van der Waals surface area contributed by atoms with Crippen molar-refractivity contribution in [3.8, 4) is 11.3 Å². The summed E-state index contributed by atoms with van der Waals surface area (Å²) in [6.45, 7) is 4.03. The summed E-state index contributed by atoms with van der Waals surface area (Å²) >= 11 is 6.10. The van der Waals surface area contributed by atoms with E-state index in [0.29, 0.717) is 16.8 Å². The Balaban J connectivity index is 2.25. The highest BCUT2D eigenvalue weighted by molar-refractivity contribution is 6.31. The summed E-state index contributed by atoms with van der Waals surface area (Å²) in [5, 5.41) is 2.08. The topological polar surface area (TPSA) is 35.1 Å². The lowest BCUT2D eigenvalue weighted by atomic mass is 9.99. The number of fused-ring (bicyclic) bond motifs is 5. The summed E-state index contributed by atoms with van der Waals surface area (Å²) in [5.41, 5.74) is 4.20. The van der Waals surface area contributed by atoms with Crippen LogP contribution in [-0.2, 0) is 13.5 Å². The van der Waals surface area contributed by atoms with E-state index >= 15 is 0 Å². The summed E-state index contributed by atoms with van der Waals surface area (Å²) in [5.74, 6) is 1.71. The Kier molecular flexibility index (Phi) is 3.03. The molecular weight excluding hydrogens is 310 g/mol. The summed E-state index contributed by atoms with van der Waals surface area (Å²) in [6, 6.07) is 7.54. The fourth-order valence-corrected chi connectivity index (χ4v) is 3.55. The molecule has 0 atom stereocenters. The first kappa shape index (κ1) is 14.3. The molecule has 4 rings (SSSR count). The number of halogens is 1. The fourth-order valence-electron chi connectivity index (χ4n) is 3.38. The highest BCUT2D eigenvalue weighted by Gasteiger charge is 2.24. The molecule has 3 aromatic rings. The zero-order chi connectivity index (χ0) is 16.3. The molecule has 1 aliphatic carbocycles. The molecule has 0 bridgehead atoms. The minimum atomic E-state index is -0.0287. The minimum absolute atomic E-state index is 0.0287. The monoisotopic (exact) mass is 325 g/mol. The molecule has 0 amide bonds. The van der Waals surface area contributed by atoms with Crippen molar-refractivity contribution in [3.05, 3.63) is 62.7 Å². The van der Waals surface area contributed by atoms with E-state index in [0.717, 1.165) is 33.7 Å². The molecule has 0 radical (unpaired) electrons. The molecule has 4 heteroatoms. The third kappa shape index (κ3) is 2.00. The molecular formula is C19H16ClNO2. The van der Waals surface area contributed by atoms with E-state index in [4.69, 9.17) is 16.0 Å². The minimum Gasteiger partial charge on any atom is -0.461 e. The fraction of sp³-hybridized carbons (Fsp3) is 0.211. The Morgan fingerprint density at radius 3 is 2.74 bits per heavy atom. The molecule has 0 saturated carbocycles. The van der Waals surface area contributed by atoms with Crippen molar-refractivity contribution in [1.29, 1.82) is 0 Å². The molecule has 1 aliphatic rings. The maximum Gasteiger partial charge on any atom is 0.258 e. The van der Waals surface area contributed by atoms with Gasteiger partial charge in [0.25, 0.3) is 5.56 Å². The lowest BCUT2D eigenvalue weighted by Crippen LogP contribution is -2.21. The number of furan rings is 1. The molecule has 0 spiro atoms. The predicted octanol–water partition coefficient (Wildman–Crippen LogP) is 4.72. The van der Waals surface area contributed by atoms with E-state index in [1.807, 2.05) is 26.1 Å². The van der Waals surface area contributed by atoms with Gasteiger partial charge < -0.3 is 8.98 Å². The van der Waals surface area contributed by atoms with Crippen molar-refractivity contribution < 1.29 is 4.42 Å². The van der Waals surface area contributed by atoms with Crippen molar-refractivity contribution in [1.82, 2.24) is 4.57 Å². The van der Waals surface area contributed by atoms with Gasteiger partial charge in [-0.2, -0.15) is 0 Å². The zero-order valence-electron chi connectivity index (χ0n) is 13.2. The zero-order valence-corrected chi connectivity index (χ0v) is 14.0. The van der Waals surface area contributed by atoms with Crippen LogP contribution in [0.3, 0.4) is 0 Å². The predicted molar refractivity (Wildman–Crippen MR) is 94.0 cm³/mol. The number of aryl methyl sites for hydroxylation is 1. The number of nitrogens with zero attached hydrogens (tertiary/aromatic N) is 1. The Hall–Kier alpha value is -2.26. The molecule has 3 nitrogen and oxygen atoms in total. The van der Waals surface area contributed by atoms with Gasteiger partial charge in [0.05, 0.1) is 0 Å². The first-order valence-corrected chi connectivity index (χ1v) is 7.94. The van der Waals surface area contributed by atoms with E-state index in [1.54, 1.807) is 10.6 Å². The molecule has 23 heavy (non-hydrogen) atoms. The first-order valence-electron chi connectivity index (χ1n) is 7.56. The van der Waals surface area contributed by atoms with Crippen LogP contribution in [0.5, 0.6) is 0 Å². The van der Waals surface area contributed by atoms with Gasteiger partial charge in [-0.05, 0) is 37.6 Å². The molecule has 116 valence electrons. The highest BCUT2D eigenvalue weighted by atomic mass is 35.5. The smallest absolute Gasteiger partial charge is 0.258 e. The molecule has 0 fully saturated rings. The number of benzene rings is 1. The third-order valence-corrected chi connectivity index (χ3v) is 4.82. The maximum atomic E-state index is 12.7. The summed E-state index contributed by atoms with van der Waals surface area (Å²) < 4.78 is 7.74.